The van der Waals surface area contributed by atoms with Gasteiger partial charge in [0.1, 0.15) is 5.82 Å². The van der Waals surface area contributed by atoms with Crippen molar-refractivity contribution in [2.45, 2.75) is 12.8 Å². The quantitative estimate of drug-likeness (QED) is 0.557. The lowest BCUT2D eigenvalue weighted by molar-refractivity contribution is 0.570. The molecule has 0 saturated heterocycles. The van der Waals surface area contributed by atoms with E-state index in [0.717, 1.165) is 12.2 Å². The summed E-state index contributed by atoms with van der Waals surface area (Å²) in [6.07, 6.45) is 4.87. The van der Waals surface area contributed by atoms with Crippen molar-refractivity contribution in [1.29, 1.82) is 0 Å². The first-order valence-electron chi connectivity index (χ1n) is 4.30. The van der Waals surface area contributed by atoms with E-state index in [1.54, 1.807) is 12.4 Å². The van der Waals surface area contributed by atoms with Gasteiger partial charge in [0, 0.05) is 32.4 Å². The Hall–Kier alpha value is -0.920. The molecule has 1 aromatic rings. The van der Waals surface area contributed by atoms with Crippen molar-refractivity contribution in [3.63, 3.8) is 0 Å². The number of hydrogen-bond acceptors (Lipinski definition) is 3. The molecule has 0 bridgehead atoms. The van der Waals surface area contributed by atoms with Gasteiger partial charge in [-0.1, -0.05) is 0 Å². The van der Waals surface area contributed by atoms with E-state index in [-0.39, 0.29) is 0 Å². The van der Waals surface area contributed by atoms with Crippen molar-refractivity contribution in [2.75, 3.05) is 13.6 Å². The second-order valence-corrected chi connectivity index (χ2v) is 4.45. The van der Waals surface area contributed by atoms with Crippen LogP contribution < -0.4 is 9.44 Å². The van der Waals surface area contributed by atoms with Crippen LogP contribution >= 0.6 is 0 Å². The molecule has 0 spiro atoms. The van der Waals surface area contributed by atoms with Crippen molar-refractivity contribution in [3.8, 4) is 0 Å². The lowest BCUT2D eigenvalue weighted by atomic mass is 10.3. The molecule has 0 aliphatic rings. The number of aryl methyl sites for hydroxylation is 1. The van der Waals surface area contributed by atoms with E-state index in [4.69, 9.17) is 0 Å². The number of imidazole rings is 1. The molecule has 0 aliphatic carbocycles. The largest absolute Gasteiger partial charge is 0.349 e. The van der Waals surface area contributed by atoms with E-state index in [0.29, 0.717) is 13.0 Å². The summed E-state index contributed by atoms with van der Waals surface area (Å²) >= 11 is 0. The third kappa shape index (κ3) is 3.86. The van der Waals surface area contributed by atoms with Crippen LogP contribution in [0.2, 0.25) is 0 Å². The summed E-state index contributed by atoms with van der Waals surface area (Å²) < 4.78 is 26.4. The van der Waals surface area contributed by atoms with Crippen molar-refractivity contribution < 1.29 is 8.42 Å². The minimum absolute atomic E-state index is 0.407. The fraction of sp³-hybridized carbons (Fsp3) is 0.571. The molecule has 3 N–H and O–H groups in total. The summed E-state index contributed by atoms with van der Waals surface area (Å²) in [4.78, 5) is 6.97. The zero-order valence-corrected chi connectivity index (χ0v) is 8.76. The van der Waals surface area contributed by atoms with Crippen LogP contribution in [0.4, 0.5) is 0 Å². The molecule has 1 aromatic heterocycles. The molecule has 80 valence electrons. The van der Waals surface area contributed by atoms with E-state index in [2.05, 4.69) is 19.4 Å². The average Bonchev–Trinajstić information content (AvgIpc) is 2.65. The molecular formula is C7H14N4O2S. The van der Waals surface area contributed by atoms with Crippen LogP contribution in [0.5, 0.6) is 0 Å². The first kappa shape index (κ1) is 11.2. The van der Waals surface area contributed by atoms with E-state index in [1.165, 1.54) is 7.05 Å². The second-order valence-electron chi connectivity index (χ2n) is 2.74. The van der Waals surface area contributed by atoms with Gasteiger partial charge in [0.25, 0.3) is 10.2 Å². The van der Waals surface area contributed by atoms with Crippen LogP contribution in [-0.4, -0.2) is 32.0 Å². The van der Waals surface area contributed by atoms with Crippen LogP contribution in [0.1, 0.15) is 12.2 Å². The molecule has 0 aromatic carbocycles. The standard InChI is InChI=1S/C7H14N4O2S/c1-8-14(12,13)11-4-2-3-7-9-5-6-10-7/h5-6,8,11H,2-4H2,1H3,(H,9,10). The summed E-state index contributed by atoms with van der Waals surface area (Å²) in [5.74, 6) is 0.869. The maximum atomic E-state index is 10.9. The highest BCUT2D eigenvalue weighted by Crippen LogP contribution is 1.93. The molecular weight excluding hydrogens is 204 g/mol. The molecule has 0 amide bonds. The number of rotatable bonds is 6. The molecule has 0 fully saturated rings. The first-order chi connectivity index (χ1) is 6.64. The van der Waals surface area contributed by atoms with Crippen LogP contribution in [0, 0.1) is 0 Å². The SMILES string of the molecule is CNS(=O)(=O)NCCCc1ncc[nH]1. The Bertz CT molecular complexity index is 346. The first-order valence-corrected chi connectivity index (χ1v) is 5.79. The highest BCUT2D eigenvalue weighted by atomic mass is 32.2. The van der Waals surface area contributed by atoms with Crippen molar-refractivity contribution in [1.82, 2.24) is 19.4 Å². The minimum atomic E-state index is -3.29. The summed E-state index contributed by atoms with van der Waals surface area (Å²) in [6, 6.07) is 0. The molecule has 0 radical (unpaired) electrons. The maximum Gasteiger partial charge on any atom is 0.276 e. The lowest BCUT2D eigenvalue weighted by Crippen LogP contribution is -2.34. The zero-order valence-electron chi connectivity index (χ0n) is 7.95. The van der Waals surface area contributed by atoms with Crippen molar-refractivity contribution in [3.05, 3.63) is 18.2 Å². The summed E-state index contributed by atoms with van der Waals surface area (Å²) in [5.41, 5.74) is 0. The molecule has 0 unspecified atom stereocenters. The Morgan fingerprint density at radius 1 is 1.57 bits per heavy atom. The Balaban J connectivity index is 2.17. The van der Waals surface area contributed by atoms with Gasteiger partial charge in [0.2, 0.25) is 0 Å². The third-order valence-corrected chi connectivity index (χ3v) is 2.83. The highest BCUT2D eigenvalue weighted by Gasteiger charge is 2.03. The van der Waals surface area contributed by atoms with Crippen molar-refractivity contribution in [2.24, 2.45) is 0 Å². The summed E-state index contributed by atoms with van der Waals surface area (Å²) in [7, 11) is -1.92. The fourth-order valence-electron chi connectivity index (χ4n) is 0.969. The maximum absolute atomic E-state index is 10.9. The van der Waals surface area contributed by atoms with E-state index in [9.17, 15) is 8.42 Å². The Morgan fingerprint density at radius 3 is 2.93 bits per heavy atom. The van der Waals surface area contributed by atoms with Crippen LogP contribution in [-0.2, 0) is 16.6 Å². The monoisotopic (exact) mass is 218 g/mol. The average molecular weight is 218 g/mol. The fourth-order valence-corrected chi connectivity index (χ4v) is 1.53. The van der Waals surface area contributed by atoms with Gasteiger partial charge in [-0.2, -0.15) is 8.42 Å². The second kappa shape index (κ2) is 5.08. The molecule has 0 atom stereocenters. The van der Waals surface area contributed by atoms with Gasteiger partial charge in [-0.3, -0.25) is 0 Å². The molecule has 6 nitrogen and oxygen atoms in total. The third-order valence-electron chi connectivity index (χ3n) is 1.71. The zero-order chi connectivity index (χ0) is 10.4. The van der Waals surface area contributed by atoms with Crippen LogP contribution in [0.15, 0.2) is 12.4 Å². The molecule has 1 rings (SSSR count). The van der Waals surface area contributed by atoms with Gasteiger partial charge in [-0.05, 0) is 6.42 Å². The predicted molar refractivity (Wildman–Crippen MR) is 52.9 cm³/mol. The van der Waals surface area contributed by atoms with Crippen LogP contribution in [0.25, 0.3) is 0 Å². The molecule has 1 heterocycles. The Morgan fingerprint density at radius 2 is 2.36 bits per heavy atom. The van der Waals surface area contributed by atoms with Crippen molar-refractivity contribution >= 4 is 10.2 Å². The highest BCUT2D eigenvalue weighted by molar-refractivity contribution is 7.87. The molecule has 0 aliphatic heterocycles. The van der Waals surface area contributed by atoms with E-state index < -0.39 is 10.2 Å². The number of hydrogen-bond donors (Lipinski definition) is 3. The Labute approximate surface area is 83.3 Å². The minimum Gasteiger partial charge on any atom is -0.349 e. The van der Waals surface area contributed by atoms with E-state index in [1.807, 2.05) is 0 Å². The normalized spacial score (nSPS) is 11.8. The van der Waals surface area contributed by atoms with Gasteiger partial charge in [-0.25, -0.2) is 14.4 Å². The lowest BCUT2D eigenvalue weighted by Gasteiger charge is -2.03. The molecule has 14 heavy (non-hydrogen) atoms. The summed E-state index contributed by atoms with van der Waals surface area (Å²) in [5, 5.41) is 0. The van der Waals surface area contributed by atoms with Gasteiger partial charge in [0.15, 0.2) is 0 Å². The molecule has 0 saturated carbocycles. The van der Waals surface area contributed by atoms with Gasteiger partial charge in [-0.15, -0.1) is 0 Å². The van der Waals surface area contributed by atoms with Gasteiger partial charge >= 0.3 is 0 Å². The van der Waals surface area contributed by atoms with Gasteiger partial charge in [0.05, 0.1) is 0 Å². The topological polar surface area (TPSA) is 86.9 Å². The Kier molecular flexibility index (Phi) is 4.05. The number of aromatic amines is 1. The number of aromatic nitrogens is 2. The summed E-state index contributed by atoms with van der Waals surface area (Å²) in [6.45, 7) is 0.407. The number of H-pyrrole nitrogens is 1. The predicted octanol–water partition coefficient (Wildman–Crippen LogP) is -0.604. The smallest absolute Gasteiger partial charge is 0.276 e. The van der Waals surface area contributed by atoms with Crippen LogP contribution in [0.3, 0.4) is 0 Å². The number of nitrogens with one attached hydrogen (secondary N) is 3. The van der Waals surface area contributed by atoms with E-state index >= 15 is 0 Å². The molecule has 7 heteroatoms. The van der Waals surface area contributed by atoms with Gasteiger partial charge < -0.3 is 4.98 Å². The number of nitrogens with zero attached hydrogens (tertiary/aromatic N) is 1.